The predicted octanol–water partition coefficient (Wildman–Crippen LogP) is -2.06. The summed E-state index contributed by atoms with van der Waals surface area (Å²) in [5.74, 6) is -1.02. The molecule has 0 radical (unpaired) electrons. The van der Waals surface area contributed by atoms with Crippen LogP contribution in [-0.4, -0.2) is 81.5 Å². The summed E-state index contributed by atoms with van der Waals surface area (Å²) in [7, 11) is -4.86. The van der Waals surface area contributed by atoms with Gasteiger partial charge in [0, 0.05) is 31.5 Å². The number of hydrazine groups is 1. The molecule has 30 heavy (non-hydrogen) atoms. The molecule has 15 heteroatoms. The fraction of sp³-hybridized carbons (Fsp3) is 0.600. The van der Waals surface area contributed by atoms with Crippen LogP contribution >= 0.6 is 0 Å². The van der Waals surface area contributed by atoms with Crippen LogP contribution in [0.15, 0.2) is 18.7 Å². The second-order valence-electron chi connectivity index (χ2n) is 7.35. The molecule has 0 aliphatic carbocycles. The molecule has 3 fully saturated rings. The molecule has 1 aromatic rings. The van der Waals surface area contributed by atoms with Crippen LogP contribution in [0.5, 0.6) is 0 Å². The molecule has 4 heterocycles. The van der Waals surface area contributed by atoms with E-state index in [1.807, 2.05) is 10.8 Å². The standard InChI is InChI=1S/C15H21N7O7S/c23-13(11-5-10(6-17-11)20-4-3-16-8-20)18-19-14(24)12-2-1-9-7-21(12)15(25)22(9)29-30(26,27)28/h3-4,8-12,17H,1-2,5-7H2,(H,18,23)(H,19,24)(H,26,27,28)/t9-,10+,11+,12+/m1/s1. The number of rotatable bonds is 5. The zero-order valence-corrected chi connectivity index (χ0v) is 16.5. The van der Waals surface area contributed by atoms with Crippen molar-refractivity contribution >= 4 is 28.2 Å². The number of hydrogen-bond donors (Lipinski definition) is 4. The third-order valence-electron chi connectivity index (χ3n) is 5.48. The predicted molar refractivity (Wildman–Crippen MR) is 97.3 cm³/mol. The number of nitrogens with one attached hydrogen (secondary N) is 3. The van der Waals surface area contributed by atoms with Crippen molar-refractivity contribution in [3.8, 4) is 0 Å². The van der Waals surface area contributed by atoms with E-state index in [1.54, 1.807) is 12.5 Å². The Balaban J connectivity index is 1.29. The van der Waals surface area contributed by atoms with Gasteiger partial charge in [-0.3, -0.25) is 25.0 Å². The Morgan fingerprint density at radius 1 is 1.23 bits per heavy atom. The summed E-state index contributed by atoms with van der Waals surface area (Å²) in [6, 6.07) is -2.77. The summed E-state index contributed by atoms with van der Waals surface area (Å²) >= 11 is 0. The van der Waals surface area contributed by atoms with Crippen molar-refractivity contribution in [2.75, 3.05) is 13.1 Å². The highest BCUT2D eigenvalue weighted by Crippen LogP contribution is 2.30. The molecular weight excluding hydrogens is 422 g/mol. The van der Waals surface area contributed by atoms with E-state index in [0.29, 0.717) is 24.4 Å². The Bertz CT molecular complexity index is 937. The Morgan fingerprint density at radius 2 is 2.00 bits per heavy atom. The molecule has 3 aliphatic heterocycles. The summed E-state index contributed by atoms with van der Waals surface area (Å²) in [4.78, 5) is 42.3. The quantitative estimate of drug-likeness (QED) is 0.294. The number of amides is 4. The maximum absolute atomic E-state index is 12.5. The lowest BCUT2D eigenvalue weighted by Gasteiger charge is -2.29. The lowest BCUT2D eigenvalue weighted by molar-refractivity contribution is -0.132. The Morgan fingerprint density at radius 3 is 2.70 bits per heavy atom. The topological polar surface area (TPSA) is 175 Å². The minimum Gasteiger partial charge on any atom is -0.333 e. The molecule has 1 aromatic heterocycles. The Labute approximate surface area is 171 Å². The van der Waals surface area contributed by atoms with E-state index in [9.17, 15) is 22.8 Å². The molecule has 0 spiro atoms. The van der Waals surface area contributed by atoms with Gasteiger partial charge in [-0.25, -0.2) is 9.78 Å². The highest BCUT2D eigenvalue weighted by atomic mass is 32.3. The van der Waals surface area contributed by atoms with Gasteiger partial charge in [0.05, 0.1) is 18.4 Å². The summed E-state index contributed by atoms with van der Waals surface area (Å²) in [6.07, 6.45) is 6.20. The van der Waals surface area contributed by atoms with Crippen molar-refractivity contribution in [2.45, 2.75) is 43.4 Å². The summed E-state index contributed by atoms with van der Waals surface area (Å²) in [5.41, 5.74) is 4.69. The van der Waals surface area contributed by atoms with Crippen LogP contribution in [0.3, 0.4) is 0 Å². The fourth-order valence-electron chi connectivity index (χ4n) is 4.03. The average molecular weight is 443 g/mol. The molecule has 4 atom stereocenters. The summed E-state index contributed by atoms with van der Waals surface area (Å²) < 4.78 is 36.9. The van der Waals surface area contributed by atoms with Gasteiger partial charge in [0.15, 0.2) is 0 Å². The molecule has 0 unspecified atom stereocenters. The van der Waals surface area contributed by atoms with E-state index < -0.39 is 46.4 Å². The van der Waals surface area contributed by atoms with Gasteiger partial charge >= 0.3 is 16.4 Å². The number of hydrogen-bond acceptors (Lipinski definition) is 8. The van der Waals surface area contributed by atoms with Crippen molar-refractivity contribution in [3.63, 3.8) is 0 Å². The van der Waals surface area contributed by atoms with Crippen LogP contribution in [-0.2, 0) is 24.3 Å². The molecule has 3 aliphatic rings. The van der Waals surface area contributed by atoms with Gasteiger partial charge < -0.3 is 14.8 Å². The number of fused-ring (bicyclic) bond motifs is 2. The molecule has 4 N–H and O–H groups in total. The zero-order chi connectivity index (χ0) is 21.5. The maximum Gasteiger partial charge on any atom is 0.418 e. The maximum atomic E-state index is 12.5. The van der Waals surface area contributed by atoms with Crippen LogP contribution in [0.1, 0.15) is 25.3 Å². The second-order valence-corrected chi connectivity index (χ2v) is 8.35. The smallest absolute Gasteiger partial charge is 0.333 e. The molecule has 2 bridgehead atoms. The van der Waals surface area contributed by atoms with Crippen LogP contribution in [0, 0.1) is 0 Å². The van der Waals surface area contributed by atoms with Crippen molar-refractivity contribution in [1.29, 1.82) is 0 Å². The van der Waals surface area contributed by atoms with E-state index >= 15 is 0 Å². The first-order chi connectivity index (χ1) is 14.2. The molecule has 0 aromatic carbocycles. The van der Waals surface area contributed by atoms with Crippen molar-refractivity contribution < 1.29 is 31.6 Å². The van der Waals surface area contributed by atoms with Crippen LogP contribution < -0.4 is 16.2 Å². The lowest BCUT2D eigenvalue weighted by Crippen LogP contribution is -2.56. The second kappa shape index (κ2) is 7.82. The van der Waals surface area contributed by atoms with E-state index in [1.165, 1.54) is 0 Å². The zero-order valence-electron chi connectivity index (χ0n) is 15.7. The monoisotopic (exact) mass is 443 g/mol. The number of carbonyl (C=O) groups excluding carboxylic acids is 3. The van der Waals surface area contributed by atoms with Gasteiger partial charge in [0.2, 0.25) is 0 Å². The first-order valence-corrected chi connectivity index (χ1v) is 10.7. The lowest BCUT2D eigenvalue weighted by atomic mass is 10.0. The largest absolute Gasteiger partial charge is 0.418 e. The van der Waals surface area contributed by atoms with E-state index in [2.05, 4.69) is 25.4 Å². The molecule has 3 saturated heterocycles. The number of piperidine rings is 1. The molecule has 164 valence electrons. The van der Waals surface area contributed by atoms with Crippen molar-refractivity contribution in [1.82, 2.24) is 35.7 Å². The summed E-state index contributed by atoms with van der Waals surface area (Å²) in [6.45, 7) is 0.648. The van der Waals surface area contributed by atoms with Gasteiger partial charge in [-0.1, -0.05) is 0 Å². The fourth-order valence-corrected chi connectivity index (χ4v) is 4.42. The first-order valence-electron chi connectivity index (χ1n) is 9.30. The number of aromatic nitrogens is 2. The minimum atomic E-state index is -4.86. The van der Waals surface area contributed by atoms with Crippen LogP contribution in [0.4, 0.5) is 4.79 Å². The Hall–Kier alpha value is -2.75. The number of nitrogens with zero attached hydrogens (tertiary/aromatic N) is 4. The van der Waals surface area contributed by atoms with E-state index in [0.717, 1.165) is 4.90 Å². The molecule has 4 rings (SSSR count). The molecular formula is C15H21N7O7S. The summed E-state index contributed by atoms with van der Waals surface area (Å²) in [5, 5.41) is 3.63. The van der Waals surface area contributed by atoms with Gasteiger partial charge in [-0.2, -0.15) is 13.5 Å². The molecule has 4 amide bonds. The molecule has 0 saturated carbocycles. The van der Waals surface area contributed by atoms with Crippen molar-refractivity contribution in [2.24, 2.45) is 0 Å². The highest BCUT2D eigenvalue weighted by molar-refractivity contribution is 7.80. The number of carbonyl (C=O) groups is 3. The normalized spacial score (nSPS) is 28.6. The highest BCUT2D eigenvalue weighted by Gasteiger charge is 2.49. The Kier molecular flexibility index (Phi) is 5.35. The first kappa shape index (κ1) is 20.5. The third kappa shape index (κ3) is 4.09. The van der Waals surface area contributed by atoms with Crippen LogP contribution in [0.25, 0.3) is 0 Å². The van der Waals surface area contributed by atoms with Gasteiger partial charge in [-0.15, -0.1) is 4.28 Å². The van der Waals surface area contributed by atoms with Gasteiger partial charge in [0.25, 0.3) is 11.8 Å². The molecule has 14 nitrogen and oxygen atoms in total. The minimum absolute atomic E-state index is 0.0666. The van der Waals surface area contributed by atoms with Gasteiger partial charge in [-0.05, 0) is 19.3 Å². The van der Waals surface area contributed by atoms with E-state index in [-0.39, 0.29) is 19.0 Å². The van der Waals surface area contributed by atoms with Gasteiger partial charge in [0.1, 0.15) is 6.04 Å². The van der Waals surface area contributed by atoms with Crippen molar-refractivity contribution in [3.05, 3.63) is 18.7 Å². The number of urea groups is 1. The van der Waals surface area contributed by atoms with Crippen LogP contribution in [0.2, 0.25) is 0 Å². The van der Waals surface area contributed by atoms with E-state index in [4.69, 9.17) is 4.55 Å². The SMILES string of the molecule is O=C(NNC(=O)[C@@H]1CC[C@@H]2CN1C(=O)N2OS(=O)(=O)O)[C@@H]1C[C@H](n2ccnc2)CN1. The average Bonchev–Trinajstić information content (AvgIpc) is 3.43. The number of imidazole rings is 1. The third-order valence-corrected chi connectivity index (χ3v) is 5.83. The number of hydroxylamine groups is 2.